The van der Waals surface area contributed by atoms with Gasteiger partial charge in [0.1, 0.15) is 11.7 Å². The third-order valence-electron chi connectivity index (χ3n) is 4.68. The largest absolute Gasteiger partial charge is 0.350 e. The van der Waals surface area contributed by atoms with Gasteiger partial charge in [-0.2, -0.15) is 0 Å². The highest BCUT2D eigenvalue weighted by Crippen LogP contribution is 2.34. The quantitative estimate of drug-likeness (QED) is 0.584. The molecule has 0 aliphatic carbocycles. The molecule has 1 aliphatic heterocycles. The number of amides is 1. The van der Waals surface area contributed by atoms with Gasteiger partial charge in [-0.05, 0) is 35.2 Å². The van der Waals surface area contributed by atoms with Crippen molar-refractivity contribution in [1.82, 2.24) is 24.8 Å². The minimum absolute atomic E-state index is 0.00105. The highest BCUT2D eigenvalue weighted by atomic mass is 32.1. The van der Waals surface area contributed by atoms with Crippen LogP contribution in [-0.2, 0) is 6.42 Å². The lowest BCUT2D eigenvalue weighted by molar-refractivity contribution is 0.0685. The molecule has 0 spiro atoms. The van der Waals surface area contributed by atoms with E-state index in [0.29, 0.717) is 12.2 Å². The summed E-state index contributed by atoms with van der Waals surface area (Å²) < 4.78 is 1.10. The van der Waals surface area contributed by atoms with Crippen LogP contribution in [0.1, 0.15) is 33.5 Å². The van der Waals surface area contributed by atoms with Crippen molar-refractivity contribution in [3.63, 3.8) is 0 Å². The zero-order valence-electron chi connectivity index (χ0n) is 13.3. The maximum absolute atomic E-state index is 13.2. The number of aromatic amines is 2. The Balaban J connectivity index is 1.59. The normalized spacial score (nSPS) is 17.0. The Morgan fingerprint density at radius 3 is 3.00 bits per heavy atom. The van der Waals surface area contributed by atoms with Crippen LogP contribution >= 0.6 is 11.3 Å². The molecule has 0 bridgehead atoms. The molecule has 5 rings (SSSR count). The molecule has 0 unspecified atom stereocenters. The van der Waals surface area contributed by atoms with Crippen molar-refractivity contribution in [3.8, 4) is 0 Å². The van der Waals surface area contributed by atoms with E-state index in [2.05, 4.69) is 19.9 Å². The number of hydrogen-bond donors (Lipinski definition) is 2. The smallest absolute Gasteiger partial charge is 0.271 e. The summed E-state index contributed by atoms with van der Waals surface area (Å²) in [5.41, 5.74) is 4.66. The van der Waals surface area contributed by atoms with Crippen molar-refractivity contribution in [1.29, 1.82) is 0 Å². The Labute approximate surface area is 147 Å². The number of aromatic nitrogens is 4. The van der Waals surface area contributed by atoms with Crippen LogP contribution in [0.4, 0.5) is 0 Å². The number of thiophene rings is 1. The van der Waals surface area contributed by atoms with Crippen LogP contribution in [0.15, 0.2) is 48.4 Å². The molecule has 1 atom stereocenters. The van der Waals surface area contributed by atoms with Crippen molar-refractivity contribution >= 4 is 27.5 Å². The fourth-order valence-corrected chi connectivity index (χ4v) is 4.28. The van der Waals surface area contributed by atoms with Crippen LogP contribution < -0.4 is 0 Å². The third-order valence-corrected chi connectivity index (χ3v) is 5.54. The third kappa shape index (κ3) is 2.27. The maximum atomic E-state index is 13.2. The van der Waals surface area contributed by atoms with Crippen LogP contribution in [0, 0.1) is 0 Å². The minimum atomic E-state index is -0.202. The molecule has 1 aliphatic rings. The van der Waals surface area contributed by atoms with Crippen LogP contribution in [-0.4, -0.2) is 37.3 Å². The Kier molecular flexibility index (Phi) is 3.21. The molecule has 0 aromatic carbocycles. The van der Waals surface area contributed by atoms with E-state index in [1.165, 1.54) is 0 Å². The Hall–Kier alpha value is -2.93. The first-order chi connectivity index (χ1) is 12.3. The second-order valence-electron chi connectivity index (χ2n) is 6.08. The predicted molar refractivity (Wildman–Crippen MR) is 95.6 cm³/mol. The molecular weight excluding hydrogens is 334 g/mol. The molecule has 25 heavy (non-hydrogen) atoms. The highest BCUT2D eigenvalue weighted by molar-refractivity contribution is 7.17. The number of fused-ring (bicyclic) bond motifs is 2. The second-order valence-corrected chi connectivity index (χ2v) is 7.03. The van der Waals surface area contributed by atoms with Gasteiger partial charge in [-0.15, -0.1) is 11.3 Å². The van der Waals surface area contributed by atoms with Crippen molar-refractivity contribution < 1.29 is 4.79 Å². The van der Waals surface area contributed by atoms with Crippen LogP contribution in [0.5, 0.6) is 0 Å². The molecule has 5 heterocycles. The molecule has 2 N–H and O–H groups in total. The number of rotatable bonds is 2. The van der Waals surface area contributed by atoms with Crippen molar-refractivity contribution in [2.24, 2.45) is 0 Å². The summed E-state index contributed by atoms with van der Waals surface area (Å²) in [6, 6.07) is 7.63. The summed E-state index contributed by atoms with van der Waals surface area (Å²) in [7, 11) is 0. The maximum Gasteiger partial charge on any atom is 0.271 e. The fourth-order valence-electron chi connectivity index (χ4n) is 3.50. The second kappa shape index (κ2) is 5.56. The van der Waals surface area contributed by atoms with E-state index in [-0.39, 0.29) is 11.9 Å². The average molecular weight is 349 g/mol. The zero-order valence-corrected chi connectivity index (χ0v) is 14.1. The van der Waals surface area contributed by atoms with Gasteiger partial charge in [0.05, 0.1) is 22.2 Å². The molecule has 1 amide bonds. The summed E-state index contributed by atoms with van der Waals surface area (Å²) in [6.45, 7) is 0.647. The predicted octanol–water partition coefficient (Wildman–Crippen LogP) is 3.14. The van der Waals surface area contributed by atoms with Crippen LogP contribution in [0.3, 0.4) is 0 Å². The molecule has 4 aromatic heterocycles. The van der Waals surface area contributed by atoms with E-state index in [9.17, 15) is 4.79 Å². The Bertz CT molecular complexity index is 1020. The summed E-state index contributed by atoms with van der Waals surface area (Å²) >= 11 is 1.63. The Morgan fingerprint density at radius 1 is 1.28 bits per heavy atom. The number of imidazole rings is 1. The van der Waals surface area contributed by atoms with Crippen molar-refractivity contribution in [3.05, 3.63) is 71.0 Å². The molecule has 124 valence electrons. The number of carbonyl (C=O) groups excluding carboxylic acids is 1. The van der Waals surface area contributed by atoms with Gasteiger partial charge in [-0.1, -0.05) is 0 Å². The van der Waals surface area contributed by atoms with Crippen LogP contribution in [0.2, 0.25) is 0 Å². The lowest BCUT2D eigenvalue weighted by Crippen LogP contribution is -2.40. The van der Waals surface area contributed by atoms with E-state index in [0.717, 1.165) is 33.6 Å². The molecule has 7 heteroatoms. The number of carbonyl (C=O) groups is 1. The molecule has 6 nitrogen and oxygen atoms in total. The van der Waals surface area contributed by atoms with Gasteiger partial charge in [0.15, 0.2) is 0 Å². The highest BCUT2D eigenvalue weighted by Gasteiger charge is 2.35. The van der Waals surface area contributed by atoms with Gasteiger partial charge in [0.25, 0.3) is 5.91 Å². The zero-order chi connectivity index (χ0) is 16.8. The van der Waals surface area contributed by atoms with Crippen molar-refractivity contribution in [2.45, 2.75) is 12.5 Å². The van der Waals surface area contributed by atoms with Gasteiger partial charge in [0, 0.05) is 31.1 Å². The molecule has 0 saturated heterocycles. The lowest BCUT2D eigenvalue weighted by Gasteiger charge is -2.35. The summed E-state index contributed by atoms with van der Waals surface area (Å²) in [5.74, 6) is -0.00105. The van der Waals surface area contributed by atoms with Crippen molar-refractivity contribution in [2.75, 3.05) is 6.54 Å². The van der Waals surface area contributed by atoms with Gasteiger partial charge in [-0.3, -0.25) is 9.78 Å². The SMILES string of the molecule is O=C(c1cc2sccc2[nH]1)N1CCc2[nH]cnc2[C@H]1c1ccncc1. The Morgan fingerprint density at radius 2 is 2.16 bits per heavy atom. The summed E-state index contributed by atoms with van der Waals surface area (Å²) in [4.78, 5) is 30.2. The first-order valence-corrected chi connectivity index (χ1v) is 8.98. The number of hydrogen-bond acceptors (Lipinski definition) is 4. The van der Waals surface area contributed by atoms with Gasteiger partial charge < -0.3 is 14.9 Å². The van der Waals surface area contributed by atoms with Crippen LogP contribution in [0.25, 0.3) is 10.2 Å². The number of pyridine rings is 1. The topological polar surface area (TPSA) is 77.7 Å². The molecule has 0 radical (unpaired) electrons. The van der Waals surface area contributed by atoms with E-state index in [1.54, 1.807) is 30.1 Å². The lowest BCUT2D eigenvalue weighted by atomic mass is 9.96. The van der Waals surface area contributed by atoms with E-state index in [4.69, 9.17) is 0 Å². The molecular formula is C18H15N5OS. The van der Waals surface area contributed by atoms with E-state index < -0.39 is 0 Å². The molecule has 0 fully saturated rings. The number of nitrogens with zero attached hydrogens (tertiary/aromatic N) is 3. The molecule has 4 aromatic rings. The fraction of sp³-hybridized carbons (Fsp3) is 0.167. The van der Waals surface area contributed by atoms with Gasteiger partial charge in [-0.25, -0.2) is 4.98 Å². The van der Waals surface area contributed by atoms with E-state index in [1.807, 2.05) is 34.5 Å². The average Bonchev–Trinajstić information content (AvgIpc) is 3.36. The first kappa shape index (κ1) is 14.4. The monoisotopic (exact) mass is 349 g/mol. The summed E-state index contributed by atoms with van der Waals surface area (Å²) in [5, 5.41) is 2.02. The first-order valence-electron chi connectivity index (χ1n) is 8.10. The summed E-state index contributed by atoms with van der Waals surface area (Å²) in [6.07, 6.45) is 5.99. The molecule has 0 saturated carbocycles. The number of nitrogens with one attached hydrogen (secondary N) is 2. The van der Waals surface area contributed by atoms with Gasteiger partial charge >= 0.3 is 0 Å². The van der Waals surface area contributed by atoms with E-state index >= 15 is 0 Å². The number of H-pyrrole nitrogens is 2. The van der Waals surface area contributed by atoms with Gasteiger partial charge in [0.2, 0.25) is 0 Å². The minimum Gasteiger partial charge on any atom is -0.350 e. The standard InChI is InChI=1S/C18H15N5OS/c24-18(14-9-15-12(22-14)4-8-25-15)23-7-3-13-16(21-10-20-13)17(23)11-1-5-19-6-2-11/h1-2,4-6,8-10,17,22H,3,7H2,(H,20,21)/t17-/m1/s1.